The highest BCUT2D eigenvalue weighted by Gasteiger charge is 2.16. The zero-order chi connectivity index (χ0) is 11.4. The topological polar surface area (TPSA) is 45.0 Å². The van der Waals surface area contributed by atoms with E-state index in [2.05, 4.69) is 5.32 Å². The number of nitrogens with zero attached hydrogens (tertiary/aromatic N) is 1. The lowest BCUT2D eigenvalue weighted by Gasteiger charge is -2.24. The van der Waals surface area contributed by atoms with E-state index in [-0.39, 0.29) is 11.7 Å². The monoisotopic (exact) mass is 220 g/mol. The van der Waals surface area contributed by atoms with Crippen LogP contribution < -0.4 is 10.1 Å². The van der Waals surface area contributed by atoms with Crippen molar-refractivity contribution in [1.82, 2.24) is 5.32 Å². The van der Waals surface area contributed by atoms with Crippen LogP contribution in [0.3, 0.4) is 0 Å². The zero-order valence-corrected chi connectivity index (χ0v) is 8.87. The molecule has 84 valence electrons. The van der Waals surface area contributed by atoms with Gasteiger partial charge in [0.05, 0.1) is 5.56 Å². The summed E-state index contributed by atoms with van der Waals surface area (Å²) in [7, 11) is 0. The van der Waals surface area contributed by atoms with Crippen LogP contribution in [0.4, 0.5) is 4.39 Å². The fourth-order valence-corrected chi connectivity index (χ4v) is 1.79. The van der Waals surface area contributed by atoms with Gasteiger partial charge in [-0.1, -0.05) is 0 Å². The molecule has 16 heavy (non-hydrogen) atoms. The minimum atomic E-state index is -0.411. The predicted octanol–water partition coefficient (Wildman–Crippen LogP) is 1.83. The van der Waals surface area contributed by atoms with Gasteiger partial charge in [0.25, 0.3) is 0 Å². The van der Waals surface area contributed by atoms with E-state index in [0.717, 1.165) is 25.9 Å². The Morgan fingerprint density at radius 2 is 2.38 bits per heavy atom. The summed E-state index contributed by atoms with van der Waals surface area (Å²) < 4.78 is 18.6. The lowest BCUT2D eigenvalue weighted by Crippen LogP contribution is -2.37. The van der Waals surface area contributed by atoms with Gasteiger partial charge in [-0.3, -0.25) is 0 Å². The number of halogens is 1. The molecule has 1 fully saturated rings. The number of piperidine rings is 1. The molecule has 1 N–H and O–H groups in total. The van der Waals surface area contributed by atoms with Crippen LogP contribution in [0, 0.1) is 17.1 Å². The van der Waals surface area contributed by atoms with Crippen molar-refractivity contribution in [3.05, 3.63) is 29.6 Å². The number of hydrogen-bond acceptors (Lipinski definition) is 3. The van der Waals surface area contributed by atoms with Crippen molar-refractivity contribution in [2.45, 2.75) is 18.9 Å². The highest BCUT2D eigenvalue weighted by Crippen LogP contribution is 2.21. The number of benzene rings is 1. The minimum Gasteiger partial charge on any atom is -0.488 e. The Bertz CT molecular complexity index is 408. The maximum absolute atomic E-state index is 12.9. The van der Waals surface area contributed by atoms with Gasteiger partial charge in [0.1, 0.15) is 23.7 Å². The first-order chi connectivity index (χ1) is 7.79. The summed E-state index contributed by atoms with van der Waals surface area (Å²) in [5, 5.41) is 12.1. The summed E-state index contributed by atoms with van der Waals surface area (Å²) in [5.74, 6) is 0.0586. The number of nitrogens with one attached hydrogen (secondary N) is 1. The van der Waals surface area contributed by atoms with Crippen LogP contribution in [0.5, 0.6) is 5.75 Å². The first kappa shape index (κ1) is 10.9. The van der Waals surface area contributed by atoms with Crippen molar-refractivity contribution in [2.75, 3.05) is 13.1 Å². The minimum absolute atomic E-state index is 0.0753. The van der Waals surface area contributed by atoms with E-state index >= 15 is 0 Å². The van der Waals surface area contributed by atoms with Gasteiger partial charge in [0.2, 0.25) is 0 Å². The third kappa shape index (κ3) is 2.50. The standard InChI is InChI=1S/C12H13FN2O/c13-10-3-4-12(9(6-10)7-14)16-11-2-1-5-15-8-11/h3-4,6,11,15H,1-2,5,8H2/t11-/m0/s1. The Morgan fingerprint density at radius 1 is 1.50 bits per heavy atom. The van der Waals surface area contributed by atoms with Crippen LogP contribution in [0.25, 0.3) is 0 Å². The van der Waals surface area contributed by atoms with Crippen LogP contribution in [-0.4, -0.2) is 19.2 Å². The summed E-state index contributed by atoms with van der Waals surface area (Å²) in [6.45, 7) is 1.79. The molecule has 0 radical (unpaired) electrons. The van der Waals surface area contributed by atoms with Crippen molar-refractivity contribution in [2.24, 2.45) is 0 Å². The second kappa shape index (κ2) is 4.95. The summed E-state index contributed by atoms with van der Waals surface area (Å²) in [5.41, 5.74) is 0.255. The van der Waals surface area contributed by atoms with Crippen LogP contribution in [0.2, 0.25) is 0 Å². The van der Waals surface area contributed by atoms with E-state index in [0.29, 0.717) is 5.75 Å². The third-order valence-corrected chi connectivity index (χ3v) is 2.61. The van der Waals surface area contributed by atoms with Gasteiger partial charge in [-0.25, -0.2) is 4.39 Å². The number of nitriles is 1. The Kier molecular flexibility index (Phi) is 3.37. The average Bonchev–Trinajstić information content (AvgIpc) is 2.33. The van der Waals surface area contributed by atoms with E-state index in [1.54, 1.807) is 0 Å². The first-order valence-corrected chi connectivity index (χ1v) is 5.36. The molecule has 0 bridgehead atoms. The van der Waals surface area contributed by atoms with Gasteiger partial charge < -0.3 is 10.1 Å². The molecule has 1 saturated heterocycles. The van der Waals surface area contributed by atoms with Crippen molar-refractivity contribution >= 4 is 0 Å². The fourth-order valence-electron chi connectivity index (χ4n) is 1.79. The SMILES string of the molecule is N#Cc1cc(F)ccc1O[C@H]1CCCNC1. The zero-order valence-electron chi connectivity index (χ0n) is 8.87. The van der Waals surface area contributed by atoms with Crippen LogP contribution in [-0.2, 0) is 0 Å². The normalized spacial score (nSPS) is 20.1. The van der Waals surface area contributed by atoms with Crippen LogP contribution in [0.1, 0.15) is 18.4 Å². The maximum atomic E-state index is 12.9. The summed E-state index contributed by atoms with van der Waals surface area (Å²) in [6, 6.07) is 5.97. The molecule has 0 amide bonds. The Hall–Kier alpha value is -1.60. The molecule has 1 heterocycles. The quantitative estimate of drug-likeness (QED) is 0.827. The average molecular weight is 220 g/mol. The molecule has 1 atom stereocenters. The molecule has 0 aromatic heterocycles. The molecular formula is C12H13FN2O. The predicted molar refractivity (Wildman–Crippen MR) is 57.6 cm³/mol. The highest BCUT2D eigenvalue weighted by atomic mass is 19.1. The van der Waals surface area contributed by atoms with E-state index in [1.807, 2.05) is 6.07 Å². The smallest absolute Gasteiger partial charge is 0.137 e. The van der Waals surface area contributed by atoms with E-state index in [9.17, 15) is 4.39 Å². The molecule has 1 aliphatic heterocycles. The van der Waals surface area contributed by atoms with Gasteiger partial charge in [-0.15, -0.1) is 0 Å². The molecule has 1 aliphatic rings. The molecule has 1 aromatic carbocycles. The lowest BCUT2D eigenvalue weighted by molar-refractivity contribution is 0.166. The van der Waals surface area contributed by atoms with Crippen molar-refractivity contribution < 1.29 is 9.13 Å². The maximum Gasteiger partial charge on any atom is 0.137 e. The van der Waals surface area contributed by atoms with E-state index < -0.39 is 5.82 Å². The third-order valence-electron chi connectivity index (χ3n) is 2.61. The number of ether oxygens (including phenoxy) is 1. The molecule has 0 spiro atoms. The van der Waals surface area contributed by atoms with Crippen molar-refractivity contribution in [3.8, 4) is 11.8 Å². The molecule has 2 rings (SSSR count). The van der Waals surface area contributed by atoms with Gasteiger partial charge in [-0.05, 0) is 37.6 Å². The number of rotatable bonds is 2. The van der Waals surface area contributed by atoms with Crippen molar-refractivity contribution in [3.63, 3.8) is 0 Å². The molecular weight excluding hydrogens is 207 g/mol. The summed E-state index contributed by atoms with van der Waals surface area (Å²) in [6.07, 6.45) is 2.11. The highest BCUT2D eigenvalue weighted by molar-refractivity contribution is 5.43. The molecule has 0 aliphatic carbocycles. The fraction of sp³-hybridized carbons (Fsp3) is 0.417. The molecule has 4 heteroatoms. The summed E-state index contributed by atoms with van der Waals surface area (Å²) in [4.78, 5) is 0. The largest absolute Gasteiger partial charge is 0.488 e. The van der Waals surface area contributed by atoms with E-state index in [1.165, 1.54) is 18.2 Å². The van der Waals surface area contributed by atoms with Gasteiger partial charge in [-0.2, -0.15) is 5.26 Å². The van der Waals surface area contributed by atoms with Crippen LogP contribution >= 0.6 is 0 Å². The number of hydrogen-bond donors (Lipinski definition) is 1. The summed E-state index contributed by atoms with van der Waals surface area (Å²) >= 11 is 0. The second-order valence-corrected chi connectivity index (χ2v) is 3.84. The Labute approximate surface area is 93.8 Å². The molecule has 1 aromatic rings. The Balaban J connectivity index is 2.11. The van der Waals surface area contributed by atoms with Gasteiger partial charge >= 0.3 is 0 Å². The van der Waals surface area contributed by atoms with Crippen molar-refractivity contribution in [1.29, 1.82) is 5.26 Å². The van der Waals surface area contributed by atoms with Gasteiger partial charge in [0, 0.05) is 6.54 Å². The molecule has 0 unspecified atom stereocenters. The lowest BCUT2D eigenvalue weighted by atomic mass is 10.1. The molecule has 0 saturated carbocycles. The molecule has 3 nitrogen and oxygen atoms in total. The first-order valence-electron chi connectivity index (χ1n) is 5.36. The van der Waals surface area contributed by atoms with E-state index in [4.69, 9.17) is 10.00 Å². The Morgan fingerprint density at radius 3 is 3.06 bits per heavy atom. The second-order valence-electron chi connectivity index (χ2n) is 3.84. The van der Waals surface area contributed by atoms with Gasteiger partial charge in [0.15, 0.2) is 0 Å². The van der Waals surface area contributed by atoms with Crippen LogP contribution in [0.15, 0.2) is 18.2 Å².